The maximum atomic E-state index is 12.2. The standard InChI is InChI=1S/C29H29N5O4/c35-28(33-24-10-7-22(8-11-24)15-29(36)37)21-38-20-23-9-12-27(32-16-23)19-34(17-25-5-1-3-13-30-25)18-26-6-2-4-14-31-26/h1-14,16H,15,17-21H2,(H,33,35)(H,36,37)/p-1. The molecule has 0 aliphatic rings. The Kier molecular flexibility index (Phi) is 9.61. The number of amides is 1. The smallest absolute Gasteiger partial charge is 0.250 e. The molecule has 0 aliphatic heterocycles. The van der Waals surface area contributed by atoms with Crippen molar-refractivity contribution in [2.75, 3.05) is 11.9 Å². The van der Waals surface area contributed by atoms with Gasteiger partial charge in [-0.25, -0.2) is 0 Å². The number of carboxylic acid groups (broad SMARTS) is 1. The molecule has 0 aliphatic carbocycles. The summed E-state index contributed by atoms with van der Waals surface area (Å²) in [6.07, 6.45) is 5.16. The van der Waals surface area contributed by atoms with Crippen LogP contribution in [0.5, 0.6) is 0 Å². The SMILES string of the molecule is O=C([O-])Cc1ccc(NC(=O)COCc2ccc(CN(Cc3ccccn3)Cc3ccccn3)nc2)cc1. The van der Waals surface area contributed by atoms with E-state index in [1.807, 2.05) is 48.5 Å². The van der Waals surface area contributed by atoms with E-state index >= 15 is 0 Å². The van der Waals surface area contributed by atoms with E-state index in [2.05, 4.69) is 25.2 Å². The molecule has 194 valence electrons. The van der Waals surface area contributed by atoms with E-state index in [0.717, 1.165) is 22.6 Å². The predicted octanol–water partition coefficient (Wildman–Crippen LogP) is 2.52. The second-order valence-electron chi connectivity index (χ2n) is 8.73. The van der Waals surface area contributed by atoms with E-state index in [0.29, 0.717) is 30.9 Å². The number of rotatable bonds is 13. The Labute approximate surface area is 221 Å². The average molecular weight is 511 g/mol. The third kappa shape index (κ3) is 8.88. The molecule has 9 nitrogen and oxygen atoms in total. The lowest BCUT2D eigenvalue weighted by Gasteiger charge is -2.21. The highest BCUT2D eigenvalue weighted by atomic mass is 16.5. The molecule has 1 N–H and O–H groups in total. The van der Waals surface area contributed by atoms with E-state index in [1.54, 1.807) is 42.9 Å². The molecule has 3 aromatic heterocycles. The van der Waals surface area contributed by atoms with Gasteiger partial charge in [-0.3, -0.25) is 24.6 Å². The summed E-state index contributed by atoms with van der Waals surface area (Å²) in [4.78, 5) is 38.5. The fourth-order valence-electron chi connectivity index (χ4n) is 3.80. The van der Waals surface area contributed by atoms with Crippen LogP contribution in [0.15, 0.2) is 91.4 Å². The molecule has 0 saturated heterocycles. The number of anilines is 1. The van der Waals surface area contributed by atoms with Crippen LogP contribution < -0.4 is 10.4 Å². The van der Waals surface area contributed by atoms with Crippen molar-refractivity contribution in [3.8, 4) is 0 Å². The van der Waals surface area contributed by atoms with Crippen LogP contribution in [0, 0.1) is 0 Å². The summed E-state index contributed by atoms with van der Waals surface area (Å²) < 4.78 is 5.54. The minimum atomic E-state index is -1.15. The second kappa shape index (κ2) is 13.7. The van der Waals surface area contributed by atoms with E-state index in [-0.39, 0.29) is 25.5 Å². The Morgan fingerprint density at radius 3 is 1.89 bits per heavy atom. The van der Waals surface area contributed by atoms with E-state index < -0.39 is 5.97 Å². The van der Waals surface area contributed by atoms with Gasteiger partial charge in [-0.1, -0.05) is 30.3 Å². The summed E-state index contributed by atoms with van der Waals surface area (Å²) in [6, 6.07) is 22.2. The third-order valence-corrected chi connectivity index (χ3v) is 5.58. The molecule has 1 aromatic carbocycles. The van der Waals surface area contributed by atoms with Crippen molar-refractivity contribution < 1.29 is 19.4 Å². The second-order valence-corrected chi connectivity index (χ2v) is 8.73. The van der Waals surface area contributed by atoms with E-state index in [4.69, 9.17) is 4.74 Å². The first-order valence-electron chi connectivity index (χ1n) is 12.2. The van der Waals surface area contributed by atoms with Gasteiger partial charge in [-0.05, 0) is 53.6 Å². The van der Waals surface area contributed by atoms with Crippen molar-refractivity contribution in [3.63, 3.8) is 0 Å². The summed E-state index contributed by atoms with van der Waals surface area (Å²) in [5, 5.41) is 13.4. The molecule has 4 rings (SSSR count). The van der Waals surface area contributed by atoms with Crippen molar-refractivity contribution in [1.82, 2.24) is 19.9 Å². The van der Waals surface area contributed by atoms with Gasteiger partial charge in [0.05, 0.1) is 23.7 Å². The van der Waals surface area contributed by atoms with Crippen molar-refractivity contribution in [3.05, 3.63) is 120 Å². The van der Waals surface area contributed by atoms with Crippen molar-refractivity contribution in [2.24, 2.45) is 0 Å². The Balaban J connectivity index is 1.26. The number of nitrogens with zero attached hydrogens (tertiary/aromatic N) is 4. The first kappa shape index (κ1) is 26.6. The van der Waals surface area contributed by atoms with Gasteiger partial charge in [-0.15, -0.1) is 0 Å². The fourth-order valence-corrected chi connectivity index (χ4v) is 3.80. The normalized spacial score (nSPS) is 10.9. The number of aliphatic carboxylic acids is 1. The predicted molar refractivity (Wildman–Crippen MR) is 139 cm³/mol. The van der Waals surface area contributed by atoms with Gasteiger partial charge in [-0.2, -0.15) is 0 Å². The molecule has 1 amide bonds. The van der Waals surface area contributed by atoms with Gasteiger partial charge in [0.15, 0.2) is 0 Å². The number of carbonyl (C=O) groups excluding carboxylic acids is 2. The van der Waals surface area contributed by atoms with Crippen LogP contribution in [0.4, 0.5) is 5.69 Å². The van der Waals surface area contributed by atoms with Crippen molar-refractivity contribution in [1.29, 1.82) is 0 Å². The number of carboxylic acids is 1. The summed E-state index contributed by atoms with van der Waals surface area (Å²) in [7, 11) is 0. The first-order chi connectivity index (χ1) is 18.5. The van der Waals surface area contributed by atoms with Gasteiger partial charge in [0, 0.05) is 56.3 Å². The van der Waals surface area contributed by atoms with Crippen molar-refractivity contribution >= 4 is 17.6 Å². The van der Waals surface area contributed by atoms with Crippen LogP contribution in [-0.4, -0.2) is 38.3 Å². The van der Waals surface area contributed by atoms with Crippen LogP contribution in [0.1, 0.15) is 28.2 Å². The monoisotopic (exact) mass is 510 g/mol. The largest absolute Gasteiger partial charge is 0.550 e. The molecule has 0 saturated carbocycles. The van der Waals surface area contributed by atoms with Crippen LogP contribution in [0.2, 0.25) is 0 Å². The zero-order valence-corrected chi connectivity index (χ0v) is 20.8. The number of hydrogen-bond acceptors (Lipinski definition) is 8. The molecule has 4 aromatic rings. The maximum absolute atomic E-state index is 12.2. The molecule has 3 heterocycles. The minimum absolute atomic E-state index is 0.121. The summed E-state index contributed by atoms with van der Waals surface area (Å²) in [5.41, 5.74) is 4.87. The highest BCUT2D eigenvalue weighted by Crippen LogP contribution is 2.13. The molecular weight excluding hydrogens is 482 g/mol. The van der Waals surface area contributed by atoms with Crippen LogP contribution >= 0.6 is 0 Å². The summed E-state index contributed by atoms with van der Waals surface area (Å²) in [5.74, 6) is -1.45. The van der Waals surface area contributed by atoms with Gasteiger partial charge < -0.3 is 20.0 Å². The molecule has 0 spiro atoms. The zero-order valence-electron chi connectivity index (χ0n) is 20.8. The highest BCUT2D eigenvalue weighted by Gasteiger charge is 2.11. The lowest BCUT2D eigenvalue weighted by molar-refractivity contribution is -0.304. The Bertz CT molecular complexity index is 1260. The number of carbonyl (C=O) groups is 2. The van der Waals surface area contributed by atoms with Crippen molar-refractivity contribution in [2.45, 2.75) is 32.7 Å². The molecule has 0 fully saturated rings. The topological polar surface area (TPSA) is 120 Å². The molecule has 9 heteroatoms. The van der Waals surface area contributed by atoms with Gasteiger partial charge >= 0.3 is 0 Å². The fraction of sp³-hybridized carbons (Fsp3) is 0.207. The molecule has 38 heavy (non-hydrogen) atoms. The number of ether oxygens (including phenoxy) is 1. The Morgan fingerprint density at radius 2 is 1.37 bits per heavy atom. The number of benzene rings is 1. The Hall–Kier alpha value is -4.47. The minimum Gasteiger partial charge on any atom is -0.550 e. The number of aromatic nitrogens is 3. The highest BCUT2D eigenvalue weighted by molar-refractivity contribution is 5.91. The van der Waals surface area contributed by atoms with Gasteiger partial charge in [0.25, 0.3) is 0 Å². The molecule has 0 atom stereocenters. The number of hydrogen-bond donors (Lipinski definition) is 1. The van der Waals surface area contributed by atoms with Crippen LogP contribution in [0.25, 0.3) is 0 Å². The summed E-state index contributed by atoms with van der Waals surface area (Å²) >= 11 is 0. The number of nitrogens with one attached hydrogen (secondary N) is 1. The lowest BCUT2D eigenvalue weighted by Crippen LogP contribution is -2.24. The van der Waals surface area contributed by atoms with E-state index in [1.165, 1.54) is 0 Å². The molecule has 0 radical (unpaired) electrons. The quantitative estimate of drug-likeness (QED) is 0.291. The maximum Gasteiger partial charge on any atom is 0.250 e. The molecular formula is C29H28N5O4-. The van der Waals surface area contributed by atoms with Crippen LogP contribution in [-0.2, 0) is 47.0 Å². The third-order valence-electron chi connectivity index (χ3n) is 5.58. The first-order valence-corrected chi connectivity index (χ1v) is 12.2. The van der Waals surface area contributed by atoms with Gasteiger partial charge in [0.1, 0.15) is 6.61 Å². The summed E-state index contributed by atoms with van der Waals surface area (Å²) in [6.45, 7) is 2.08. The molecule has 0 unspecified atom stereocenters. The van der Waals surface area contributed by atoms with Crippen LogP contribution in [0.3, 0.4) is 0 Å². The zero-order chi connectivity index (χ0) is 26.6. The lowest BCUT2D eigenvalue weighted by atomic mass is 10.1. The Morgan fingerprint density at radius 1 is 0.763 bits per heavy atom. The van der Waals surface area contributed by atoms with E-state index in [9.17, 15) is 14.7 Å². The van der Waals surface area contributed by atoms with Gasteiger partial charge in [0.2, 0.25) is 5.91 Å². The average Bonchev–Trinajstić information content (AvgIpc) is 2.92. The molecule has 0 bridgehead atoms. The number of pyridine rings is 3.